The van der Waals surface area contributed by atoms with E-state index in [0.29, 0.717) is 11.8 Å². The highest BCUT2D eigenvalue weighted by Gasteiger charge is 2.23. The predicted molar refractivity (Wildman–Crippen MR) is 67.3 cm³/mol. The maximum atomic E-state index is 11.7. The lowest BCUT2D eigenvalue weighted by molar-refractivity contribution is 0.568. The Kier molecular flexibility index (Phi) is 2.55. The molecule has 5 heteroatoms. The molecule has 0 bridgehead atoms. The van der Waals surface area contributed by atoms with Gasteiger partial charge in [0.15, 0.2) is 0 Å². The highest BCUT2D eigenvalue weighted by atomic mass is 32.2. The van der Waals surface area contributed by atoms with Crippen LogP contribution in [0.4, 0.5) is 0 Å². The molecule has 4 nitrogen and oxygen atoms in total. The van der Waals surface area contributed by atoms with Gasteiger partial charge in [0.25, 0.3) is 0 Å². The lowest BCUT2D eigenvalue weighted by Crippen LogP contribution is -2.27. The normalized spacial score (nSPS) is 18.3. The number of aromatic nitrogens is 3. The zero-order chi connectivity index (χ0) is 11.8. The van der Waals surface area contributed by atoms with Gasteiger partial charge in [-0.25, -0.2) is 9.48 Å². The number of thioether (sulfide) groups is 1. The molecule has 88 valence electrons. The molecule has 3 rings (SSSR count). The van der Waals surface area contributed by atoms with Crippen molar-refractivity contribution in [2.24, 2.45) is 7.05 Å². The first-order valence-corrected chi connectivity index (χ1v) is 6.45. The largest absolute Gasteiger partial charge is 0.345 e. The fourth-order valence-electron chi connectivity index (χ4n) is 2.09. The Balaban J connectivity index is 1.78. The molecule has 1 aliphatic rings. The van der Waals surface area contributed by atoms with Gasteiger partial charge in [-0.1, -0.05) is 18.2 Å². The molecule has 2 heterocycles. The summed E-state index contributed by atoms with van der Waals surface area (Å²) < 4.78 is 3.05. The lowest BCUT2D eigenvalue weighted by atomic mass is 10.1. The first-order chi connectivity index (χ1) is 8.24. The molecular formula is C12H13N3OS. The third-order valence-corrected chi connectivity index (χ3v) is 4.28. The first kappa shape index (κ1) is 10.7. The number of benzene rings is 1. The maximum Gasteiger partial charge on any atom is 0.345 e. The van der Waals surface area contributed by atoms with Gasteiger partial charge < -0.3 is 0 Å². The van der Waals surface area contributed by atoms with Crippen LogP contribution < -0.4 is 5.69 Å². The van der Waals surface area contributed by atoms with Gasteiger partial charge in [0.05, 0.1) is 6.54 Å². The Morgan fingerprint density at radius 2 is 2.29 bits per heavy atom. The molecule has 1 atom stereocenters. The molecule has 1 aromatic carbocycles. The SMILES string of the molecule is Cn1cnn(CC2Cc3ccccc3S2)c1=O. The average molecular weight is 247 g/mol. The van der Waals surface area contributed by atoms with Crippen LogP contribution in [-0.2, 0) is 20.0 Å². The fourth-order valence-corrected chi connectivity index (χ4v) is 3.39. The minimum absolute atomic E-state index is 0.0402. The molecule has 17 heavy (non-hydrogen) atoms. The molecule has 1 aromatic heterocycles. The van der Waals surface area contributed by atoms with Crippen LogP contribution in [0.15, 0.2) is 40.3 Å². The van der Waals surface area contributed by atoms with Crippen LogP contribution in [-0.4, -0.2) is 19.6 Å². The molecule has 0 N–H and O–H groups in total. The van der Waals surface area contributed by atoms with Crippen molar-refractivity contribution in [2.75, 3.05) is 0 Å². The lowest BCUT2D eigenvalue weighted by Gasteiger charge is -2.06. The third kappa shape index (κ3) is 1.91. The summed E-state index contributed by atoms with van der Waals surface area (Å²) in [5, 5.41) is 4.51. The van der Waals surface area contributed by atoms with E-state index in [4.69, 9.17) is 0 Å². The van der Waals surface area contributed by atoms with E-state index in [1.165, 1.54) is 15.0 Å². The van der Waals surface area contributed by atoms with E-state index < -0.39 is 0 Å². The Morgan fingerprint density at radius 3 is 3.00 bits per heavy atom. The van der Waals surface area contributed by atoms with E-state index in [2.05, 4.69) is 29.4 Å². The van der Waals surface area contributed by atoms with Crippen LogP contribution in [0.1, 0.15) is 5.56 Å². The van der Waals surface area contributed by atoms with Gasteiger partial charge in [0, 0.05) is 17.2 Å². The van der Waals surface area contributed by atoms with E-state index in [9.17, 15) is 4.79 Å². The van der Waals surface area contributed by atoms with Crippen molar-refractivity contribution >= 4 is 11.8 Å². The smallest absolute Gasteiger partial charge is 0.285 e. The van der Waals surface area contributed by atoms with Crippen molar-refractivity contribution in [1.82, 2.24) is 14.3 Å². The molecule has 0 fully saturated rings. The topological polar surface area (TPSA) is 39.8 Å². The summed E-state index contributed by atoms with van der Waals surface area (Å²) in [6.45, 7) is 0.680. The number of aryl methyl sites for hydroxylation is 1. The van der Waals surface area contributed by atoms with Crippen LogP contribution in [0.5, 0.6) is 0 Å². The summed E-state index contributed by atoms with van der Waals surface area (Å²) in [6.07, 6.45) is 2.58. The molecule has 0 amide bonds. The number of fused-ring (bicyclic) bond motifs is 1. The van der Waals surface area contributed by atoms with Gasteiger partial charge in [0.1, 0.15) is 6.33 Å². The van der Waals surface area contributed by atoms with E-state index >= 15 is 0 Å². The molecule has 0 aliphatic carbocycles. The van der Waals surface area contributed by atoms with Crippen LogP contribution in [0.25, 0.3) is 0 Å². The number of nitrogens with zero attached hydrogens (tertiary/aromatic N) is 3. The monoisotopic (exact) mass is 247 g/mol. The second-order valence-corrected chi connectivity index (χ2v) is 5.60. The Labute approximate surface area is 103 Å². The van der Waals surface area contributed by atoms with Crippen molar-refractivity contribution in [3.8, 4) is 0 Å². The average Bonchev–Trinajstić information content (AvgIpc) is 2.87. The molecule has 0 spiro atoms. The van der Waals surface area contributed by atoms with Gasteiger partial charge in [-0.3, -0.25) is 4.57 Å². The van der Waals surface area contributed by atoms with E-state index in [1.54, 1.807) is 18.1 Å². The maximum absolute atomic E-state index is 11.7. The van der Waals surface area contributed by atoms with Crippen LogP contribution in [0.3, 0.4) is 0 Å². The van der Waals surface area contributed by atoms with Gasteiger partial charge >= 0.3 is 5.69 Å². The van der Waals surface area contributed by atoms with Crippen molar-refractivity contribution in [2.45, 2.75) is 23.1 Å². The third-order valence-electron chi connectivity index (χ3n) is 2.98. The summed E-state index contributed by atoms with van der Waals surface area (Å²) in [4.78, 5) is 13.0. The van der Waals surface area contributed by atoms with Crippen molar-refractivity contribution in [3.05, 3.63) is 46.6 Å². The summed E-state index contributed by atoms with van der Waals surface area (Å²) in [6, 6.07) is 8.42. The summed E-state index contributed by atoms with van der Waals surface area (Å²) in [5.74, 6) is 0. The molecule has 0 saturated heterocycles. The molecule has 2 aromatic rings. The summed E-state index contributed by atoms with van der Waals surface area (Å²) in [5.41, 5.74) is 1.34. The van der Waals surface area contributed by atoms with E-state index in [0.717, 1.165) is 6.42 Å². The second-order valence-electron chi connectivity index (χ2n) is 4.26. The highest BCUT2D eigenvalue weighted by Crippen LogP contribution is 2.37. The van der Waals surface area contributed by atoms with Gasteiger partial charge in [-0.2, -0.15) is 5.10 Å². The standard InChI is InChI=1S/C12H13N3OS/c1-14-8-13-15(12(14)16)7-10-6-9-4-2-3-5-11(9)17-10/h2-5,8,10H,6-7H2,1H3. The predicted octanol–water partition coefficient (Wildman–Crippen LogP) is 1.30. The highest BCUT2D eigenvalue weighted by molar-refractivity contribution is 8.00. The van der Waals surface area contributed by atoms with Crippen molar-refractivity contribution in [1.29, 1.82) is 0 Å². The van der Waals surface area contributed by atoms with Gasteiger partial charge in [-0.05, 0) is 18.1 Å². The number of hydrogen-bond donors (Lipinski definition) is 0. The Morgan fingerprint density at radius 1 is 1.47 bits per heavy atom. The Bertz CT molecular complexity index is 577. The summed E-state index contributed by atoms with van der Waals surface area (Å²) in [7, 11) is 1.72. The van der Waals surface area contributed by atoms with Crippen LogP contribution in [0, 0.1) is 0 Å². The molecular weight excluding hydrogens is 234 g/mol. The number of rotatable bonds is 2. The molecule has 1 unspecified atom stereocenters. The fraction of sp³-hybridized carbons (Fsp3) is 0.333. The minimum atomic E-state index is -0.0402. The summed E-state index contributed by atoms with van der Waals surface area (Å²) >= 11 is 1.84. The van der Waals surface area contributed by atoms with E-state index in [-0.39, 0.29) is 5.69 Å². The van der Waals surface area contributed by atoms with Crippen LogP contribution >= 0.6 is 11.8 Å². The van der Waals surface area contributed by atoms with Crippen LogP contribution in [0.2, 0.25) is 0 Å². The zero-order valence-electron chi connectivity index (χ0n) is 9.54. The number of hydrogen-bond acceptors (Lipinski definition) is 3. The molecule has 0 radical (unpaired) electrons. The van der Waals surface area contributed by atoms with Gasteiger partial charge in [0.2, 0.25) is 0 Å². The Hall–Kier alpha value is -1.49. The minimum Gasteiger partial charge on any atom is -0.285 e. The quantitative estimate of drug-likeness (QED) is 0.803. The van der Waals surface area contributed by atoms with E-state index in [1.807, 2.05) is 11.8 Å². The zero-order valence-corrected chi connectivity index (χ0v) is 10.4. The van der Waals surface area contributed by atoms with Crippen molar-refractivity contribution < 1.29 is 0 Å². The first-order valence-electron chi connectivity index (χ1n) is 5.57. The van der Waals surface area contributed by atoms with Crippen molar-refractivity contribution in [3.63, 3.8) is 0 Å². The second kappa shape index (κ2) is 4.07. The van der Waals surface area contributed by atoms with Gasteiger partial charge in [-0.15, -0.1) is 11.8 Å². The molecule has 1 aliphatic heterocycles. The molecule has 0 saturated carbocycles.